The summed E-state index contributed by atoms with van der Waals surface area (Å²) in [5, 5.41) is 15.1. The molecule has 1 saturated carbocycles. The molecule has 4 rings (SSSR count). The van der Waals surface area contributed by atoms with Gasteiger partial charge in [-0.15, -0.1) is 5.10 Å². The number of anilines is 1. The number of rotatable bonds is 5. The minimum Gasteiger partial charge on any atom is -0.497 e. The number of benzene rings is 1. The predicted octanol–water partition coefficient (Wildman–Crippen LogP) is 2.45. The van der Waals surface area contributed by atoms with Crippen LogP contribution < -0.4 is 10.1 Å². The summed E-state index contributed by atoms with van der Waals surface area (Å²) in [6, 6.07) is 9.49. The molecule has 0 spiro atoms. The van der Waals surface area contributed by atoms with E-state index in [1.165, 1.54) is 6.42 Å². The van der Waals surface area contributed by atoms with Gasteiger partial charge in [0.25, 0.3) is 5.91 Å². The van der Waals surface area contributed by atoms with Crippen LogP contribution in [-0.2, 0) is 0 Å². The van der Waals surface area contributed by atoms with Crippen molar-refractivity contribution in [3.63, 3.8) is 0 Å². The molecule has 1 aromatic carbocycles. The number of carbonyl (C=O) groups is 1. The molecule has 1 amide bonds. The molecule has 8 heteroatoms. The lowest BCUT2D eigenvalue weighted by molar-refractivity contribution is 0.100. The van der Waals surface area contributed by atoms with E-state index in [1.54, 1.807) is 34.9 Å². The van der Waals surface area contributed by atoms with Gasteiger partial charge in [-0.05, 0) is 37.5 Å². The molecule has 0 bridgehead atoms. The third-order valence-corrected chi connectivity index (χ3v) is 4.38. The molecule has 8 nitrogen and oxygen atoms in total. The minimum absolute atomic E-state index is 0.234. The van der Waals surface area contributed by atoms with Gasteiger partial charge in [0, 0.05) is 12.3 Å². The monoisotopic (exact) mass is 338 g/mol. The summed E-state index contributed by atoms with van der Waals surface area (Å²) in [5.74, 6) is 0.874. The van der Waals surface area contributed by atoms with Gasteiger partial charge in [-0.2, -0.15) is 5.10 Å². The highest BCUT2D eigenvalue weighted by Crippen LogP contribution is 2.31. The average Bonchev–Trinajstić information content (AvgIpc) is 3.23. The van der Waals surface area contributed by atoms with Gasteiger partial charge in [0.15, 0.2) is 5.82 Å². The lowest BCUT2D eigenvalue weighted by Gasteiger charge is -2.27. The van der Waals surface area contributed by atoms with E-state index in [4.69, 9.17) is 4.74 Å². The van der Waals surface area contributed by atoms with Crippen molar-refractivity contribution in [1.29, 1.82) is 0 Å². The number of carbonyl (C=O) groups excluding carboxylic acids is 1. The fraction of sp³-hybridized carbons (Fsp3) is 0.294. The van der Waals surface area contributed by atoms with E-state index in [-0.39, 0.29) is 5.91 Å². The summed E-state index contributed by atoms with van der Waals surface area (Å²) in [5.41, 5.74) is 1.34. The van der Waals surface area contributed by atoms with Crippen LogP contribution in [0.25, 0.3) is 5.69 Å². The molecule has 2 heterocycles. The fourth-order valence-corrected chi connectivity index (χ4v) is 2.80. The van der Waals surface area contributed by atoms with Gasteiger partial charge in [-0.3, -0.25) is 9.48 Å². The molecule has 3 aromatic rings. The van der Waals surface area contributed by atoms with Gasteiger partial charge in [-0.1, -0.05) is 11.3 Å². The first-order chi connectivity index (χ1) is 12.2. The molecule has 0 unspecified atom stereocenters. The third-order valence-electron chi connectivity index (χ3n) is 4.38. The first kappa shape index (κ1) is 15.4. The van der Waals surface area contributed by atoms with Crippen molar-refractivity contribution < 1.29 is 9.53 Å². The highest BCUT2D eigenvalue weighted by molar-refractivity contribution is 6.02. The minimum atomic E-state index is -0.234. The zero-order chi connectivity index (χ0) is 17.2. The van der Waals surface area contributed by atoms with Gasteiger partial charge in [0.1, 0.15) is 11.4 Å². The van der Waals surface area contributed by atoms with Crippen molar-refractivity contribution in [3.8, 4) is 11.4 Å². The van der Waals surface area contributed by atoms with Crippen molar-refractivity contribution in [3.05, 3.63) is 48.4 Å². The molecule has 1 aliphatic rings. The lowest BCUT2D eigenvalue weighted by atomic mass is 9.93. The van der Waals surface area contributed by atoms with E-state index in [1.807, 2.05) is 24.3 Å². The standard InChI is InChI=1S/C17H18N6O2/c1-25-14-7-3-6-13(10-14)22-11-16(20-21-22)19-17(24)15-8-9-18-23(15)12-4-2-5-12/h3,6-12H,2,4-5H2,1H3,(H,19,24). The summed E-state index contributed by atoms with van der Waals surface area (Å²) in [6.45, 7) is 0. The zero-order valence-electron chi connectivity index (χ0n) is 13.8. The molecule has 0 aliphatic heterocycles. The Kier molecular flexibility index (Phi) is 3.93. The Hall–Kier alpha value is -3.16. The molecule has 1 N–H and O–H groups in total. The Morgan fingerprint density at radius 1 is 1.32 bits per heavy atom. The number of amides is 1. The molecular weight excluding hydrogens is 320 g/mol. The summed E-state index contributed by atoms with van der Waals surface area (Å²) in [6.07, 6.45) is 6.62. The topological polar surface area (TPSA) is 86.9 Å². The number of aromatic nitrogens is 5. The van der Waals surface area contributed by atoms with E-state index in [0.29, 0.717) is 17.6 Å². The van der Waals surface area contributed by atoms with Crippen molar-refractivity contribution in [2.75, 3.05) is 12.4 Å². The summed E-state index contributed by atoms with van der Waals surface area (Å²) in [7, 11) is 1.61. The average molecular weight is 338 g/mol. The first-order valence-electron chi connectivity index (χ1n) is 8.16. The molecule has 1 aliphatic carbocycles. The lowest BCUT2D eigenvalue weighted by Crippen LogP contribution is -2.25. The Morgan fingerprint density at radius 2 is 2.20 bits per heavy atom. The maximum Gasteiger partial charge on any atom is 0.275 e. The first-order valence-corrected chi connectivity index (χ1v) is 8.16. The molecule has 128 valence electrons. The normalized spacial score (nSPS) is 14.1. The summed E-state index contributed by atoms with van der Waals surface area (Å²) in [4.78, 5) is 12.5. The molecule has 0 saturated heterocycles. The third kappa shape index (κ3) is 2.98. The van der Waals surface area contributed by atoms with Crippen molar-refractivity contribution in [2.24, 2.45) is 0 Å². The Bertz CT molecular complexity index is 896. The van der Waals surface area contributed by atoms with Gasteiger partial charge < -0.3 is 10.1 Å². The maximum absolute atomic E-state index is 12.5. The van der Waals surface area contributed by atoms with Gasteiger partial charge in [-0.25, -0.2) is 4.68 Å². The highest BCUT2D eigenvalue weighted by atomic mass is 16.5. The van der Waals surface area contributed by atoms with Crippen LogP contribution in [0, 0.1) is 0 Å². The molecular formula is C17H18N6O2. The molecule has 0 radical (unpaired) electrons. The van der Waals surface area contributed by atoms with Crippen LogP contribution in [0.4, 0.5) is 5.82 Å². The van der Waals surface area contributed by atoms with Crippen LogP contribution in [0.5, 0.6) is 5.75 Å². The number of ether oxygens (including phenoxy) is 1. The molecule has 25 heavy (non-hydrogen) atoms. The van der Waals surface area contributed by atoms with Gasteiger partial charge in [0.05, 0.1) is 25.0 Å². The Balaban J connectivity index is 1.51. The number of methoxy groups -OCH3 is 1. The van der Waals surface area contributed by atoms with E-state index < -0.39 is 0 Å². The maximum atomic E-state index is 12.5. The highest BCUT2D eigenvalue weighted by Gasteiger charge is 2.24. The number of nitrogens with one attached hydrogen (secondary N) is 1. The molecule has 0 atom stereocenters. The van der Waals surface area contributed by atoms with E-state index in [0.717, 1.165) is 24.3 Å². The number of hydrogen-bond donors (Lipinski definition) is 1. The van der Waals surface area contributed by atoms with Crippen LogP contribution in [0.3, 0.4) is 0 Å². The Morgan fingerprint density at radius 3 is 2.96 bits per heavy atom. The van der Waals surface area contributed by atoms with Crippen molar-refractivity contribution in [2.45, 2.75) is 25.3 Å². The van der Waals surface area contributed by atoms with Gasteiger partial charge in [0.2, 0.25) is 0 Å². The largest absolute Gasteiger partial charge is 0.497 e. The second kappa shape index (κ2) is 6.39. The predicted molar refractivity (Wildman–Crippen MR) is 91.0 cm³/mol. The van der Waals surface area contributed by atoms with Crippen LogP contribution in [0.2, 0.25) is 0 Å². The summed E-state index contributed by atoms with van der Waals surface area (Å²) >= 11 is 0. The summed E-state index contributed by atoms with van der Waals surface area (Å²) < 4.78 is 8.59. The van der Waals surface area contributed by atoms with E-state index in [2.05, 4.69) is 20.7 Å². The van der Waals surface area contributed by atoms with E-state index in [9.17, 15) is 4.79 Å². The zero-order valence-corrected chi connectivity index (χ0v) is 13.8. The van der Waals surface area contributed by atoms with Crippen LogP contribution in [-0.4, -0.2) is 37.8 Å². The SMILES string of the molecule is COc1cccc(-n2cc(NC(=O)c3ccnn3C3CCC3)nn2)c1. The van der Waals surface area contributed by atoms with Gasteiger partial charge >= 0.3 is 0 Å². The quantitative estimate of drug-likeness (QED) is 0.772. The fourth-order valence-electron chi connectivity index (χ4n) is 2.80. The van der Waals surface area contributed by atoms with Crippen LogP contribution in [0.1, 0.15) is 35.8 Å². The second-order valence-electron chi connectivity index (χ2n) is 5.95. The number of hydrogen-bond acceptors (Lipinski definition) is 5. The van der Waals surface area contributed by atoms with E-state index >= 15 is 0 Å². The van der Waals surface area contributed by atoms with Crippen LogP contribution >= 0.6 is 0 Å². The number of nitrogens with zero attached hydrogens (tertiary/aromatic N) is 5. The smallest absolute Gasteiger partial charge is 0.275 e. The molecule has 1 fully saturated rings. The second-order valence-corrected chi connectivity index (χ2v) is 5.95. The van der Waals surface area contributed by atoms with Crippen molar-refractivity contribution in [1.82, 2.24) is 24.8 Å². The van der Waals surface area contributed by atoms with Crippen LogP contribution in [0.15, 0.2) is 42.7 Å². The van der Waals surface area contributed by atoms with Crippen molar-refractivity contribution >= 4 is 11.7 Å². The molecule has 2 aromatic heterocycles. The Labute approximate surface area is 144 Å².